The van der Waals surface area contributed by atoms with Gasteiger partial charge in [-0.05, 0) is 22.9 Å². The number of carbonyl (C=O) groups excluding carboxylic acids is 1. The molecule has 0 bridgehead atoms. The average Bonchev–Trinajstić information content (AvgIpc) is 2.37. The molecule has 0 aliphatic heterocycles. The standard InChI is InChI=1S/C14H12O3/c1-3-17-13-9-11-7-5-4-6-10(11)8-12(13)14(15)16-2/h3-9H,1H2,2H3. The highest BCUT2D eigenvalue weighted by Gasteiger charge is 2.13. The van der Waals surface area contributed by atoms with Gasteiger partial charge in [0.05, 0.1) is 13.4 Å². The summed E-state index contributed by atoms with van der Waals surface area (Å²) in [7, 11) is 1.34. The lowest BCUT2D eigenvalue weighted by molar-refractivity contribution is 0.0598. The molecule has 0 aromatic heterocycles. The highest BCUT2D eigenvalue weighted by Crippen LogP contribution is 2.26. The number of fused-ring (bicyclic) bond motifs is 1. The first-order chi connectivity index (χ1) is 8.26. The van der Waals surface area contributed by atoms with E-state index in [-0.39, 0.29) is 0 Å². The molecule has 0 spiro atoms. The third-order valence-corrected chi connectivity index (χ3v) is 2.46. The smallest absolute Gasteiger partial charge is 0.341 e. The Labute approximate surface area is 99.3 Å². The zero-order chi connectivity index (χ0) is 12.3. The molecule has 0 saturated heterocycles. The summed E-state index contributed by atoms with van der Waals surface area (Å²) in [6, 6.07) is 11.3. The molecular weight excluding hydrogens is 216 g/mol. The molecular formula is C14H12O3. The summed E-state index contributed by atoms with van der Waals surface area (Å²) in [6.45, 7) is 3.49. The van der Waals surface area contributed by atoms with Crippen molar-refractivity contribution in [3.8, 4) is 5.75 Å². The fourth-order valence-corrected chi connectivity index (χ4v) is 1.68. The minimum Gasteiger partial charge on any atom is -0.465 e. The second-order valence-electron chi connectivity index (χ2n) is 3.47. The Morgan fingerprint density at radius 2 is 1.88 bits per heavy atom. The number of hydrogen-bond donors (Lipinski definition) is 0. The molecule has 3 heteroatoms. The number of ether oxygens (including phenoxy) is 2. The molecule has 0 fully saturated rings. The molecule has 86 valence electrons. The molecule has 0 aliphatic carbocycles. The van der Waals surface area contributed by atoms with Gasteiger partial charge in [-0.15, -0.1) is 0 Å². The third kappa shape index (κ3) is 2.13. The van der Waals surface area contributed by atoms with Crippen LogP contribution in [-0.2, 0) is 4.74 Å². The molecule has 0 atom stereocenters. The van der Waals surface area contributed by atoms with Gasteiger partial charge in [0, 0.05) is 0 Å². The second kappa shape index (κ2) is 4.70. The maximum absolute atomic E-state index is 11.6. The van der Waals surface area contributed by atoms with Gasteiger partial charge >= 0.3 is 5.97 Å². The van der Waals surface area contributed by atoms with Gasteiger partial charge in [-0.3, -0.25) is 0 Å². The number of rotatable bonds is 3. The molecule has 0 radical (unpaired) electrons. The molecule has 0 amide bonds. The molecule has 17 heavy (non-hydrogen) atoms. The summed E-state index contributed by atoms with van der Waals surface area (Å²) >= 11 is 0. The Morgan fingerprint density at radius 1 is 1.24 bits per heavy atom. The summed E-state index contributed by atoms with van der Waals surface area (Å²) in [4.78, 5) is 11.6. The summed E-state index contributed by atoms with van der Waals surface area (Å²) in [5.74, 6) is 0.0261. The minimum absolute atomic E-state index is 0.395. The lowest BCUT2D eigenvalue weighted by Gasteiger charge is -2.08. The Bertz CT molecular complexity index is 573. The van der Waals surface area contributed by atoms with Crippen LogP contribution in [0.5, 0.6) is 5.75 Å². The number of benzene rings is 2. The van der Waals surface area contributed by atoms with Gasteiger partial charge in [0.1, 0.15) is 11.3 Å². The largest absolute Gasteiger partial charge is 0.465 e. The highest BCUT2D eigenvalue weighted by atomic mass is 16.5. The van der Waals surface area contributed by atoms with E-state index in [0.29, 0.717) is 11.3 Å². The van der Waals surface area contributed by atoms with Crippen molar-refractivity contribution < 1.29 is 14.3 Å². The van der Waals surface area contributed by atoms with Gasteiger partial charge in [-0.2, -0.15) is 0 Å². The Hall–Kier alpha value is -2.29. The summed E-state index contributed by atoms with van der Waals surface area (Å²) in [5.41, 5.74) is 0.395. The normalized spacial score (nSPS) is 9.94. The Morgan fingerprint density at radius 3 is 2.47 bits per heavy atom. The van der Waals surface area contributed by atoms with Crippen LogP contribution >= 0.6 is 0 Å². The van der Waals surface area contributed by atoms with Crippen molar-refractivity contribution in [1.82, 2.24) is 0 Å². The molecule has 2 aromatic rings. The summed E-state index contributed by atoms with van der Waals surface area (Å²) in [5, 5.41) is 1.96. The van der Waals surface area contributed by atoms with E-state index >= 15 is 0 Å². The van der Waals surface area contributed by atoms with E-state index in [1.807, 2.05) is 24.3 Å². The monoisotopic (exact) mass is 228 g/mol. The Balaban J connectivity index is 2.65. The van der Waals surface area contributed by atoms with Crippen molar-refractivity contribution in [2.24, 2.45) is 0 Å². The van der Waals surface area contributed by atoms with Crippen LogP contribution in [0.2, 0.25) is 0 Å². The third-order valence-electron chi connectivity index (χ3n) is 2.46. The molecule has 0 N–H and O–H groups in total. The van der Waals surface area contributed by atoms with E-state index in [2.05, 4.69) is 6.58 Å². The topological polar surface area (TPSA) is 35.5 Å². The van der Waals surface area contributed by atoms with Crippen LogP contribution < -0.4 is 4.74 Å². The maximum atomic E-state index is 11.6. The van der Waals surface area contributed by atoms with E-state index in [0.717, 1.165) is 10.8 Å². The van der Waals surface area contributed by atoms with Crippen LogP contribution in [-0.4, -0.2) is 13.1 Å². The fraction of sp³-hybridized carbons (Fsp3) is 0.0714. The predicted octanol–water partition coefficient (Wildman–Crippen LogP) is 3.15. The predicted molar refractivity (Wildman–Crippen MR) is 66.1 cm³/mol. The number of carbonyl (C=O) groups is 1. The maximum Gasteiger partial charge on any atom is 0.341 e. The van der Waals surface area contributed by atoms with Gasteiger partial charge < -0.3 is 9.47 Å². The van der Waals surface area contributed by atoms with Crippen LogP contribution in [0.1, 0.15) is 10.4 Å². The number of hydrogen-bond acceptors (Lipinski definition) is 3. The van der Waals surface area contributed by atoms with Crippen LogP contribution in [0.3, 0.4) is 0 Å². The van der Waals surface area contributed by atoms with E-state index in [9.17, 15) is 4.79 Å². The molecule has 2 aromatic carbocycles. The molecule has 0 saturated carbocycles. The molecule has 3 nitrogen and oxygen atoms in total. The van der Waals surface area contributed by atoms with Crippen molar-refractivity contribution in [3.05, 3.63) is 54.8 Å². The molecule has 0 heterocycles. The van der Waals surface area contributed by atoms with Crippen LogP contribution in [0.15, 0.2) is 49.2 Å². The van der Waals surface area contributed by atoms with Crippen LogP contribution in [0.4, 0.5) is 0 Å². The van der Waals surface area contributed by atoms with Crippen LogP contribution in [0, 0.1) is 0 Å². The SMILES string of the molecule is C=COc1cc2ccccc2cc1C(=O)OC. The summed E-state index contributed by atoms with van der Waals surface area (Å²) in [6.07, 6.45) is 1.29. The number of esters is 1. The van der Waals surface area contributed by atoms with Crippen LogP contribution in [0.25, 0.3) is 10.8 Å². The van der Waals surface area contributed by atoms with Crippen molar-refractivity contribution in [2.45, 2.75) is 0 Å². The van der Waals surface area contributed by atoms with E-state index in [1.165, 1.54) is 13.4 Å². The van der Waals surface area contributed by atoms with Crippen molar-refractivity contribution in [3.63, 3.8) is 0 Å². The van der Waals surface area contributed by atoms with Gasteiger partial charge in [0.15, 0.2) is 0 Å². The van der Waals surface area contributed by atoms with Crippen molar-refractivity contribution in [2.75, 3.05) is 7.11 Å². The average molecular weight is 228 g/mol. The lowest BCUT2D eigenvalue weighted by Crippen LogP contribution is -2.03. The highest BCUT2D eigenvalue weighted by molar-refractivity contribution is 5.98. The molecule has 0 unspecified atom stereocenters. The lowest BCUT2D eigenvalue weighted by atomic mass is 10.1. The first-order valence-corrected chi connectivity index (χ1v) is 5.15. The van der Waals surface area contributed by atoms with E-state index < -0.39 is 5.97 Å². The molecule has 2 rings (SSSR count). The molecule has 0 aliphatic rings. The number of methoxy groups -OCH3 is 1. The Kier molecular flexibility index (Phi) is 3.10. The first kappa shape index (κ1) is 11.2. The first-order valence-electron chi connectivity index (χ1n) is 5.15. The fourth-order valence-electron chi connectivity index (χ4n) is 1.68. The second-order valence-corrected chi connectivity index (χ2v) is 3.47. The van der Waals surface area contributed by atoms with Gasteiger partial charge in [0.2, 0.25) is 0 Å². The zero-order valence-corrected chi connectivity index (χ0v) is 9.47. The van der Waals surface area contributed by atoms with Gasteiger partial charge in [0.25, 0.3) is 0 Å². The van der Waals surface area contributed by atoms with Gasteiger partial charge in [-0.1, -0.05) is 30.8 Å². The minimum atomic E-state index is -0.424. The quantitative estimate of drug-likeness (QED) is 0.598. The van der Waals surface area contributed by atoms with Crippen molar-refractivity contribution >= 4 is 16.7 Å². The van der Waals surface area contributed by atoms with Crippen molar-refractivity contribution in [1.29, 1.82) is 0 Å². The summed E-state index contributed by atoms with van der Waals surface area (Å²) < 4.78 is 9.95. The van der Waals surface area contributed by atoms with Gasteiger partial charge in [-0.25, -0.2) is 4.79 Å². The van der Waals surface area contributed by atoms with E-state index in [1.54, 1.807) is 12.1 Å². The van der Waals surface area contributed by atoms with E-state index in [4.69, 9.17) is 9.47 Å². The zero-order valence-electron chi connectivity index (χ0n) is 9.47.